The molecule has 3 aromatic rings. The first kappa shape index (κ1) is 20.3. The van der Waals surface area contributed by atoms with Gasteiger partial charge in [-0.15, -0.1) is 0 Å². The number of benzene rings is 2. The van der Waals surface area contributed by atoms with Crippen molar-refractivity contribution >= 4 is 22.9 Å². The quantitative estimate of drug-likeness (QED) is 0.523. The topological polar surface area (TPSA) is 42.4 Å². The van der Waals surface area contributed by atoms with Crippen LogP contribution in [-0.4, -0.2) is 17.4 Å². The molecule has 2 aromatic carbocycles. The molecule has 156 valence electrons. The number of alkyl halides is 3. The fourth-order valence-corrected chi connectivity index (χ4v) is 3.95. The van der Waals surface area contributed by atoms with E-state index in [0.717, 1.165) is 29.5 Å². The Bertz CT molecular complexity index is 1100. The molecule has 1 aliphatic heterocycles. The van der Waals surface area contributed by atoms with E-state index in [-0.39, 0.29) is 28.9 Å². The number of carbonyl (C=O) groups excluding carboxylic acids is 1. The van der Waals surface area contributed by atoms with Crippen molar-refractivity contribution in [1.29, 1.82) is 0 Å². The summed E-state index contributed by atoms with van der Waals surface area (Å²) in [4.78, 5) is 18.5. The lowest BCUT2D eigenvalue weighted by Crippen LogP contribution is -2.37. The van der Waals surface area contributed by atoms with Crippen LogP contribution < -0.4 is 9.64 Å². The average Bonchev–Trinajstić information content (AvgIpc) is 3.11. The maximum absolute atomic E-state index is 14.1. The van der Waals surface area contributed by atoms with E-state index in [1.807, 2.05) is 0 Å². The molecule has 1 amide bonds. The predicted molar refractivity (Wildman–Crippen MR) is 99.6 cm³/mol. The number of fused-ring (bicyclic) bond motifs is 1. The maximum atomic E-state index is 14.1. The molecule has 0 saturated heterocycles. The van der Waals surface area contributed by atoms with Gasteiger partial charge in [-0.25, -0.2) is 13.8 Å². The van der Waals surface area contributed by atoms with Crippen molar-refractivity contribution in [2.75, 3.05) is 11.4 Å². The number of aromatic nitrogens is 1. The minimum atomic E-state index is -4.41. The van der Waals surface area contributed by atoms with Gasteiger partial charge >= 0.3 is 6.18 Å². The van der Waals surface area contributed by atoms with E-state index >= 15 is 0 Å². The van der Waals surface area contributed by atoms with Crippen LogP contribution in [-0.2, 0) is 19.2 Å². The molecule has 0 aliphatic carbocycles. The molecule has 4 nitrogen and oxygen atoms in total. The van der Waals surface area contributed by atoms with Crippen molar-refractivity contribution < 1.29 is 31.5 Å². The number of rotatable bonds is 4. The summed E-state index contributed by atoms with van der Waals surface area (Å²) in [7, 11) is 0. The molecule has 2 heterocycles. The van der Waals surface area contributed by atoms with Crippen LogP contribution >= 0.6 is 11.3 Å². The first-order valence-corrected chi connectivity index (χ1v) is 9.59. The Morgan fingerprint density at radius 3 is 2.50 bits per heavy atom. The number of hydrogen-bond acceptors (Lipinski definition) is 4. The summed E-state index contributed by atoms with van der Waals surface area (Å²) in [5.41, 5.74) is 0.242. The molecule has 0 unspecified atom stereocenters. The van der Waals surface area contributed by atoms with Crippen LogP contribution in [0.2, 0.25) is 0 Å². The van der Waals surface area contributed by atoms with Crippen molar-refractivity contribution in [3.63, 3.8) is 0 Å². The summed E-state index contributed by atoms with van der Waals surface area (Å²) in [5, 5.41) is 0.190. The van der Waals surface area contributed by atoms with Crippen molar-refractivity contribution in [1.82, 2.24) is 4.98 Å². The number of halogens is 5. The highest BCUT2D eigenvalue weighted by Gasteiger charge is 2.32. The van der Waals surface area contributed by atoms with Gasteiger partial charge in [0.1, 0.15) is 23.1 Å². The van der Waals surface area contributed by atoms with E-state index in [1.165, 1.54) is 23.1 Å². The predicted octanol–water partition coefficient (Wildman–Crippen LogP) is 5.22. The summed E-state index contributed by atoms with van der Waals surface area (Å²) in [6.07, 6.45) is -4.05. The van der Waals surface area contributed by atoms with Crippen LogP contribution in [0.3, 0.4) is 0 Å². The Morgan fingerprint density at radius 2 is 1.83 bits per heavy atom. The lowest BCUT2D eigenvalue weighted by molar-refractivity contribution is -0.137. The van der Waals surface area contributed by atoms with Gasteiger partial charge in [-0.2, -0.15) is 13.2 Å². The molecule has 0 saturated carbocycles. The van der Waals surface area contributed by atoms with Crippen LogP contribution in [0.4, 0.5) is 27.6 Å². The second-order valence-corrected chi connectivity index (χ2v) is 7.50. The highest BCUT2D eigenvalue weighted by molar-refractivity contribution is 7.15. The van der Waals surface area contributed by atoms with Crippen LogP contribution in [0.25, 0.3) is 0 Å². The summed E-state index contributed by atoms with van der Waals surface area (Å²) in [5.74, 6) is -2.04. The Morgan fingerprint density at radius 1 is 1.10 bits per heavy atom. The van der Waals surface area contributed by atoms with E-state index in [4.69, 9.17) is 4.74 Å². The third-order valence-electron chi connectivity index (χ3n) is 4.53. The number of thiazole rings is 1. The molecule has 0 fully saturated rings. The zero-order valence-corrected chi connectivity index (χ0v) is 16.0. The summed E-state index contributed by atoms with van der Waals surface area (Å²) in [6, 6.07) is 7.53. The molecule has 0 bridgehead atoms. The minimum Gasteiger partial charge on any atom is -0.465 e. The van der Waals surface area contributed by atoms with Gasteiger partial charge in [-0.05, 0) is 29.8 Å². The Hall–Kier alpha value is -3.01. The molecule has 30 heavy (non-hydrogen) atoms. The van der Waals surface area contributed by atoms with Crippen molar-refractivity contribution in [2.45, 2.75) is 19.2 Å². The van der Waals surface area contributed by atoms with Gasteiger partial charge < -0.3 is 9.64 Å². The number of ether oxygens (including phenoxy) is 1. The molecule has 0 radical (unpaired) electrons. The number of anilines is 1. The maximum Gasteiger partial charge on any atom is 0.416 e. The Labute approximate surface area is 171 Å². The van der Waals surface area contributed by atoms with E-state index < -0.39 is 29.3 Å². The fourth-order valence-electron chi connectivity index (χ4n) is 3.04. The molecular formula is C20H13F5N2O2S. The molecule has 0 N–H and O–H groups in total. The molecule has 1 aliphatic rings. The molecule has 0 spiro atoms. The van der Waals surface area contributed by atoms with Gasteiger partial charge in [0.05, 0.1) is 16.9 Å². The second kappa shape index (κ2) is 7.67. The lowest BCUT2D eigenvalue weighted by atomic mass is 10.1. The van der Waals surface area contributed by atoms with Gasteiger partial charge in [0.25, 0.3) is 11.1 Å². The van der Waals surface area contributed by atoms with Crippen molar-refractivity contribution in [3.05, 3.63) is 75.8 Å². The van der Waals surface area contributed by atoms with Gasteiger partial charge in [-0.1, -0.05) is 23.5 Å². The first-order chi connectivity index (χ1) is 14.2. The monoisotopic (exact) mass is 440 g/mol. The molecule has 1 aromatic heterocycles. The summed E-state index contributed by atoms with van der Waals surface area (Å²) < 4.78 is 70.6. The van der Waals surface area contributed by atoms with E-state index in [1.54, 1.807) is 0 Å². The standard InChI is InChI=1S/C20H13F5N2O2S/c21-13-5-6-16(14(22)9-13)27-8-7-15-17(18(27)28)30-19(26-15)29-10-11-1-3-12(4-2-11)20(23,24)25/h1-6,9H,7-8,10H2. The van der Waals surface area contributed by atoms with Crippen LogP contribution in [0.1, 0.15) is 26.5 Å². The van der Waals surface area contributed by atoms with E-state index in [9.17, 15) is 26.7 Å². The van der Waals surface area contributed by atoms with Crippen LogP contribution in [0, 0.1) is 11.6 Å². The highest BCUT2D eigenvalue weighted by Crippen LogP contribution is 2.34. The van der Waals surface area contributed by atoms with E-state index in [0.29, 0.717) is 23.7 Å². The second-order valence-electron chi connectivity index (χ2n) is 6.54. The smallest absolute Gasteiger partial charge is 0.416 e. The lowest BCUT2D eigenvalue weighted by Gasteiger charge is -2.26. The number of amides is 1. The number of hydrogen-bond donors (Lipinski definition) is 0. The third kappa shape index (κ3) is 4.00. The zero-order valence-electron chi connectivity index (χ0n) is 15.2. The van der Waals surface area contributed by atoms with Gasteiger partial charge in [-0.3, -0.25) is 4.79 Å². The molecular weight excluding hydrogens is 427 g/mol. The minimum absolute atomic E-state index is 0.0188. The summed E-state index contributed by atoms with van der Waals surface area (Å²) in [6.45, 7) is 0.158. The van der Waals surface area contributed by atoms with Crippen LogP contribution in [0.15, 0.2) is 42.5 Å². The molecule has 0 atom stereocenters. The fraction of sp³-hybridized carbons (Fsp3) is 0.200. The van der Waals surface area contributed by atoms with E-state index in [2.05, 4.69) is 4.98 Å². The Kier molecular flexibility index (Phi) is 5.19. The largest absolute Gasteiger partial charge is 0.465 e. The van der Waals surface area contributed by atoms with Crippen LogP contribution in [0.5, 0.6) is 5.19 Å². The molecule has 10 heteroatoms. The number of nitrogens with zero attached hydrogens (tertiary/aromatic N) is 2. The van der Waals surface area contributed by atoms with Gasteiger partial charge in [0.2, 0.25) is 0 Å². The third-order valence-corrected chi connectivity index (χ3v) is 5.53. The van der Waals surface area contributed by atoms with Gasteiger partial charge in [0.15, 0.2) is 0 Å². The Balaban J connectivity index is 1.47. The normalized spacial score (nSPS) is 14.0. The SMILES string of the molecule is O=C1c2sc(OCc3ccc(C(F)(F)F)cc3)nc2CCN1c1ccc(F)cc1F. The molecule has 4 rings (SSSR count). The number of carbonyl (C=O) groups is 1. The zero-order chi connectivity index (χ0) is 21.5. The summed E-state index contributed by atoms with van der Waals surface area (Å²) >= 11 is 0.976. The first-order valence-electron chi connectivity index (χ1n) is 8.78. The van der Waals surface area contributed by atoms with Gasteiger partial charge in [0, 0.05) is 19.0 Å². The van der Waals surface area contributed by atoms with Crippen molar-refractivity contribution in [2.24, 2.45) is 0 Å². The highest BCUT2D eigenvalue weighted by atomic mass is 32.1. The average molecular weight is 440 g/mol. The van der Waals surface area contributed by atoms with Crippen molar-refractivity contribution in [3.8, 4) is 5.19 Å².